The highest BCUT2D eigenvalue weighted by atomic mass is 16.5. The summed E-state index contributed by atoms with van der Waals surface area (Å²) in [6.07, 6.45) is 2.10. The number of ether oxygens (including phenoxy) is 3. The summed E-state index contributed by atoms with van der Waals surface area (Å²) in [5.41, 5.74) is 0.695. The second-order valence-corrected chi connectivity index (χ2v) is 5.05. The SMILES string of the molecule is CCCOc1cc(OCCC)c(C(C)O)c(OCCC)c1. The molecule has 1 rings (SSSR count). The molecule has 0 aliphatic rings. The van der Waals surface area contributed by atoms with Crippen LogP contribution in [0.4, 0.5) is 0 Å². The molecule has 0 fully saturated rings. The van der Waals surface area contributed by atoms with E-state index in [1.165, 1.54) is 0 Å². The van der Waals surface area contributed by atoms with Crippen LogP contribution in [0.2, 0.25) is 0 Å². The number of rotatable bonds is 10. The maximum atomic E-state index is 10.1. The Balaban J connectivity index is 3.14. The Labute approximate surface area is 128 Å². The van der Waals surface area contributed by atoms with Crippen molar-refractivity contribution in [2.45, 2.75) is 53.1 Å². The molecule has 1 unspecified atom stereocenters. The fourth-order valence-electron chi connectivity index (χ4n) is 1.95. The van der Waals surface area contributed by atoms with Gasteiger partial charge in [0.2, 0.25) is 0 Å². The summed E-state index contributed by atoms with van der Waals surface area (Å²) >= 11 is 0. The zero-order valence-electron chi connectivity index (χ0n) is 13.6. The molecule has 0 saturated heterocycles. The molecule has 120 valence electrons. The van der Waals surface area contributed by atoms with E-state index in [-0.39, 0.29) is 0 Å². The minimum absolute atomic E-state index is 0.601. The van der Waals surface area contributed by atoms with Crippen LogP contribution < -0.4 is 14.2 Å². The molecule has 1 N–H and O–H groups in total. The lowest BCUT2D eigenvalue weighted by molar-refractivity contribution is 0.182. The van der Waals surface area contributed by atoms with Crippen LogP contribution in [0, 0.1) is 0 Å². The predicted octanol–water partition coefficient (Wildman–Crippen LogP) is 4.11. The zero-order valence-corrected chi connectivity index (χ0v) is 13.6. The van der Waals surface area contributed by atoms with Crippen LogP contribution in [0.3, 0.4) is 0 Å². The van der Waals surface area contributed by atoms with Crippen LogP contribution in [0.25, 0.3) is 0 Å². The van der Waals surface area contributed by atoms with Gasteiger partial charge in [0, 0.05) is 12.1 Å². The van der Waals surface area contributed by atoms with Crippen molar-refractivity contribution in [2.24, 2.45) is 0 Å². The Bertz CT molecular complexity index is 386. The molecule has 0 saturated carbocycles. The molecule has 1 atom stereocenters. The predicted molar refractivity (Wildman–Crippen MR) is 84.4 cm³/mol. The zero-order chi connectivity index (χ0) is 15.7. The van der Waals surface area contributed by atoms with Crippen molar-refractivity contribution in [3.8, 4) is 17.2 Å². The second kappa shape index (κ2) is 9.50. The lowest BCUT2D eigenvalue weighted by atomic mass is 10.1. The van der Waals surface area contributed by atoms with Gasteiger partial charge in [-0.05, 0) is 26.2 Å². The van der Waals surface area contributed by atoms with Crippen LogP contribution in [-0.4, -0.2) is 24.9 Å². The van der Waals surface area contributed by atoms with Crippen LogP contribution in [-0.2, 0) is 0 Å². The van der Waals surface area contributed by atoms with E-state index in [9.17, 15) is 5.11 Å². The summed E-state index contributed by atoms with van der Waals surface area (Å²) in [7, 11) is 0. The Morgan fingerprint density at radius 2 is 1.29 bits per heavy atom. The van der Waals surface area contributed by atoms with Gasteiger partial charge >= 0.3 is 0 Å². The van der Waals surface area contributed by atoms with E-state index in [4.69, 9.17) is 14.2 Å². The summed E-state index contributed by atoms with van der Waals surface area (Å²) in [5, 5.41) is 10.1. The third kappa shape index (κ3) is 5.46. The maximum absolute atomic E-state index is 10.1. The average Bonchev–Trinajstić information content (AvgIpc) is 2.47. The van der Waals surface area contributed by atoms with Crippen LogP contribution >= 0.6 is 0 Å². The highest BCUT2D eigenvalue weighted by molar-refractivity contribution is 5.51. The smallest absolute Gasteiger partial charge is 0.132 e. The second-order valence-electron chi connectivity index (χ2n) is 5.05. The van der Waals surface area contributed by atoms with Gasteiger partial charge in [-0.25, -0.2) is 0 Å². The van der Waals surface area contributed by atoms with E-state index in [0.29, 0.717) is 36.9 Å². The quantitative estimate of drug-likeness (QED) is 0.706. The minimum Gasteiger partial charge on any atom is -0.493 e. The Kier molecular flexibility index (Phi) is 7.98. The minimum atomic E-state index is -0.649. The summed E-state index contributed by atoms with van der Waals surface area (Å²) in [6.45, 7) is 9.73. The van der Waals surface area contributed by atoms with E-state index in [1.54, 1.807) is 6.92 Å². The standard InChI is InChI=1S/C17H28O4/c1-5-8-19-14-11-15(20-9-6-2)17(13(4)18)16(12-14)21-10-7-3/h11-13,18H,5-10H2,1-4H3. The monoisotopic (exact) mass is 296 g/mol. The van der Waals surface area contributed by atoms with E-state index < -0.39 is 6.10 Å². The fraction of sp³-hybridized carbons (Fsp3) is 0.647. The van der Waals surface area contributed by atoms with Crippen molar-refractivity contribution in [1.82, 2.24) is 0 Å². The van der Waals surface area contributed by atoms with Crippen molar-refractivity contribution < 1.29 is 19.3 Å². The molecule has 0 aliphatic heterocycles. The van der Waals surface area contributed by atoms with Crippen molar-refractivity contribution in [3.05, 3.63) is 17.7 Å². The van der Waals surface area contributed by atoms with Gasteiger partial charge in [-0.1, -0.05) is 20.8 Å². The van der Waals surface area contributed by atoms with E-state index in [0.717, 1.165) is 25.0 Å². The lowest BCUT2D eigenvalue weighted by Gasteiger charge is -2.19. The van der Waals surface area contributed by atoms with Gasteiger partial charge in [0.25, 0.3) is 0 Å². The van der Waals surface area contributed by atoms with Crippen LogP contribution in [0.15, 0.2) is 12.1 Å². The van der Waals surface area contributed by atoms with Gasteiger partial charge in [-0.15, -0.1) is 0 Å². The van der Waals surface area contributed by atoms with Crippen molar-refractivity contribution in [3.63, 3.8) is 0 Å². The molecule has 0 heterocycles. The first-order chi connectivity index (χ1) is 10.1. The van der Waals surface area contributed by atoms with Crippen molar-refractivity contribution in [2.75, 3.05) is 19.8 Å². The molecule has 0 spiro atoms. The molecule has 0 aliphatic carbocycles. The maximum Gasteiger partial charge on any atom is 0.132 e. The molecular weight excluding hydrogens is 268 g/mol. The number of aliphatic hydroxyl groups excluding tert-OH is 1. The van der Waals surface area contributed by atoms with Crippen molar-refractivity contribution in [1.29, 1.82) is 0 Å². The summed E-state index contributed by atoms with van der Waals surface area (Å²) in [6, 6.07) is 3.68. The van der Waals surface area contributed by atoms with Crippen LogP contribution in [0.5, 0.6) is 17.2 Å². The number of hydrogen-bond acceptors (Lipinski definition) is 4. The van der Waals surface area contributed by atoms with E-state index in [2.05, 4.69) is 6.92 Å². The van der Waals surface area contributed by atoms with Gasteiger partial charge in [0.15, 0.2) is 0 Å². The number of hydrogen-bond donors (Lipinski definition) is 1. The topological polar surface area (TPSA) is 47.9 Å². The van der Waals surface area contributed by atoms with E-state index >= 15 is 0 Å². The molecule has 0 amide bonds. The number of aliphatic hydroxyl groups is 1. The summed E-state index contributed by atoms with van der Waals surface area (Å²) in [5.74, 6) is 2.01. The molecule has 21 heavy (non-hydrogen) atoms. The van der Waals surface area contributed by atoms with E-state index in [1.807, 2.05) is 26.0 Å². The molecule has 0 radical (unpaired) electrons. The van der Waals surface area contributed by atoms with Gasteiger partial charge in [-0.3, -0.25) is 0 Å². The summed E-state index contributed by atoms with van der Waals surface area (Å²) < 4.78 is 17.2. The molecule has 4 nitrogen and oxygen atoms in total. The molecule has 0 bridgehead atoms. The fourth-order valence-corrected chi connectivity index (χ4v) is 1.95. The third-order valence-electron chi connectivity index (χ3n) is 2.89. The first-order valence-corrected chi connectivity index (χ1v) is 7.88. The largest absolute Gasteiger partial charge is 0.493 e. The highest BCUT2D eigenvalue weighted by Crippen LogP contribution is 2.38. The Hall–Kier alpha value is -1.42. The Morgan fingerprint density at radius 1 is 0.857 bits per heavy atom. The Morgan fingerprint density at radius 3 is 1.67 bits per heavy atom. The lowest BCUT2D eigenvalue weighted by Crippen LogP contribution is -2.07. The molecule has 1 aromatic rings. The van der Waals surface area contributed by atoms with Gasteiger partial charge in [0.1, 0.15) is 17.2 Å². The summed E-state index contributed by atoms with van der Waals surface area (Å²) in [4.78, 5) is 0. The first-order valence-electron chi connectivity index (χ1n) is 7.88. The van der Waals surface area contributed by atoms with Gasteiger partial charge < -0.3 is 19.3 Å². The highest BCUT2D eigenvalue weighted by Gasteiger charge is 2.18. The molecule has 4 heteroatoms. The normalized spacial score (nSPS) is 12.0. The number of benzene rings is 1. The molecule has 0 aromatic heterocycles. The first kappa shape index (κ1) is 17.6. The van der Waals surface area contributed by atoms with Gasteiger partial charge in [-0.2, -0.15) is 0 Å². The third-order valence-corrected chi connectivity index (χ3v) is 2.89. The molecule has 1 aromatic carbocycles. The van der Waals surface area contributed by atoms with Crippen molar-refractivity contribution >= 4 is 0 Å². The molecular formula is C17H28O4. The van der Waals surface area contributed by atoms with Gasteiger partial charge in [0.05, 0.1) is 31.5 Å². The average molecular weight is 296 g/mol. The van der Waals surface area contributed by atoms with Crippen LogP contribution in [0.1, 0.15) is 58.6 Å².